The van der Waals surface area contributed by atoms with Gasteiger partial charge in [0, 0.05) is 0 Å². The monoisotopic (exact) mass is 252 g/mol. The Bertz CT molecular complexity index is 262. The van der Waals surface area contributed by atoms with Gasteiger partial charge in [-0.1, -0.05) is 33.8 Å². The van der Waals surface area contributed by atoms with Crippen LogP contribution in [0.1, 0.15) is 41.5 Å². The second-order valence-corrected chi connectivity index (χ2v) is 5.44. The summed E-state index contributed by atoms with van der Waals surface area (Å²) in [5, 5.41) is 0. The lowest BCUT2D eigenvalue weighted by atomic mass is 9.99. The molecule has 0 heterocycles. The van der Waals surface area contributed by atoms with Gasteiger partial charge in [-0.15, -0.1) is 0 Å². The largest absolute Gasteiger partial charge is 0.416 e. The summed E-state index contributed by atoms with van der Waals surface area (Å²) in [7, 11) is 0. The highest BCUT2D eigenvalue weighted by molar-refractivity contribution is 5.07. The first-order valence-corrected chi connectivity index (χ1v) is 5.88. The molecule has 0 radical (unpaired) electrons. The van der Waals surface area contributed by atoms with E-state index in [0.717, 1.165) is 19.4 Å². The summed E-state index contributed by atoms with van der Waals surface area (Å²) in [6, 6.07) is 0. The topological polar surface area (TPSA) is 9.23 Å². The average molecular weight is 252 g/mol. The van der Waals surface area contributed by atoms with Crippen molar-refractivity contribution in [3.05, 3.63) is 11.6 Å². The van der Waals surface area contributed by atoms with Gasteiger partial charge in [-0.2, -0.15) is 13.2 Å². The van der Waals surface area contributed by atoms with Crippen LogP contribution in [-0.4, -0.2) is 18.4 Å². The molecule has 1 nitrogen and oxygen atoms in total. The van der Waals surface area contributed by atoms with Crippen LogP contribution in [0.5, 0.6) is 0 Å². The zero-order valence-electron chi connectivity index (χ0n) is 11.5. The maximum atomic E-state index is 12.6. The van der Waals surface area contributed by atoms with E-state index in [1.165, 1.54) is 0 Å². The predicted molar refractivity (Wildman–Crippen MR) is 63.8 cm³/mol. The van der Waals surface area contributed by atoms with E-state index in [1.54, 1.807) is 0 Å². The minimum atomic E-state index is -4.34. The third kappa shape index (κ3) is 5.57. The van der Waals surface area contributed by atoms with Gasteiger partial charge in [-0.25, -0.2) is 0 Å². The fraction of sp³-hybridized carbons (Fsp3) is 0.846. The molecule has 0 atom stereocenters. The highest BCUT2D eigenvalue weighted by Gasteiger charge is 2.48. The third-order valence-electron chi connectivity index (χ3n) is 2.57. The van der Waals surface area contributed by atoms with Gasteiger partial charge < -0.3 is 4.74 Å². The highest BCUT2D eigenvalue weighted by Crippen LogP contribution is 2.33. The van der Waals surface area contributed by atoms with Crippen molar-refractivity contribution in [2.75, 3.05) is 6.61 Å². The van der Waals surface area contributed by atoms with E-state index in [-0.39, 0.29) is 12.5 Å². The fourth-order valence-electron chi connectivity index (χ4n) is 1.18. The van der Waals surface area contributed by atoms with Crippen LogP contribution in [0.4, 0.5) is 13.2 Å². The summed E-state index contributed by atoms with van der Waals surface area (Å²) in [5.74, 6) is 0.506. The standard InChI is InChI=1S/C13H23F3O/c1-9(2)7-11(10(3)4)8-17-12(5,6)13(14,15)16/h7,9-10H,8H2,1-6H3/b11-7+. The van der Waals surface area contributed by atoms with Crippen molar-refractivity contribution in [3.63, 3.8) is 0 Å². The smallest absolute Gasteiger partial charge is 0.362 e. The molecular formula is C13H23F3O. The van der Waals surface area contributed by atoms with E-state index in [9.17, 15) is 13.2 Å². The van der Waals surface area contributed by atoms with Crippen LogP contribution in [0, 0.1) is 11.8 Å². The highest BCUT2D eigenvalue weighted by atomic mass is 19.4. The molecule has 0 aromatic rings. The van der Waals surface area contributed by atoms with Gasteiger partial charge >= 0.3 is 6.18 Å². The van der Waals surface area contributed by atoms with Crippen molar-refractivity contribution in [2.24, 2.45) is 11.8 Å². The van der Waals surface area contributed by atoms with Crippen molar-refractivity contribution in [1.82, 2.24) is 0 Å². The zero-order chi connectivity index (χ0) is 13.9. The van der Waals surface area contributed by atoms with Gasteiger partial charge in [0.05, 0.1) is 6.61 Å². The van der Waals surface area contributed by atoms with E-state index in [0.29, 0.717) is 5.92 Å². The van der Waals surface area contributed by atoms with Crippen LogP contribution in [0.2, 0.25) is 0 Å². The molecule has 0 saturated heterocycles. The summed E-state index contributed by atoms with van der Waals surface area (Å²) in [6.45, 7) is 10.0. The van der Waals surface area contributed by atoms with E-state index in [1.807, 2.05) is 33.8 Å². The Morgan fingerprint density at radius 1 is 1.12 bits per heavy atom. The first-order chi connectivity index (χ1) is 7.47. The fourth-order valence-corrected chi connectivity index (χ4v) is 1.18. The molecule has 0 amide bonds. The van der Waals surface area contributed by atoms with Crippen LogP contribution in [0.15, 0.2) is 11.6 Å². The summed E-state index contributed by atoms with van der Waals surface area (Å²) in [6.07, 6.45) is -2.37. The number of hydrogen-bond acceptors (Lipinski definition) is 1. The molecule has 0 spiro atoms. The maximum Gasteiger partial charge on any atom is 0.416 e. The minimum Gasteiger partial charge on any atom is -0.362 e. The Morgan fingerprint density at radius 3 is 1.88 bits per heavy atom. The Labute approximate surface area is 102 Å². The molecule has 0 saturated carbocycles. The van der Waals surface area contributed by atoms with Gasteiger partial charge in [-0.3, -0.25) is 0 Å². The lowest BCUT2D eigenvalue weighted by molar-refractivity contribution is -0.261. The normalized spacial score (nSPS) is 14.9. The predicted octanol–water partition coefficient (Wildman–Crippen LogP) is 4.58. The molecule has 0 N–H and O–H groups in total. The summed E-state index contributed by atoms with van der Waals surface area (Å²) < 4.78 is 42.8. The molecule has 102 valence electrons. The van der Waals surface area contributed by atoms with Gasteiger partial charge in [0.15, 0.2) is 5.60 Å². The van der Waals surface area contributed by atoms with E-state index < -0.39 is 11.8 Å². The molecular weight excluding hydrogens is 229 g/mol. The molecule has 0 fully saturated rings. The van der Waals surface area contributed by atoms with Gasteiger partial charge in [0.2, 0.25) is 0 Å². The van der Waals surface area contributed by atoms with E-state index in [2.05, 4.69) is 0 Å². The number of ether oxygens (including phenoxy) is 1. The Balaban J connectivity index is 4.63. The molecule has 0 unspecified atom stereocenters. The van der Waals surface area contributed by atoms with Crippen molar-refractivity contribution >= 4 is 0 Å². The van der Waals surface area contributed by atoms with Crippen LogP contribution in [-0.2, 0) is 4.74 Å². The second kappa shape index (κ2) is 5.89. The summed E-state index contributed by atoms with van der Waals surface area (Å²) in [5.41, 5.74) is -1.19. The summed E-state index contributed by atoms with van der Waals surface area (Å²) >= 11 is 0. The van der Waals surface area contributed by atoms with Crippen molar-refractivity contribution < 1.29 is 17.9 Å². The van der Waals surface area contributed by atoms with Crippen molar-refractivity contribution in [2.45, 2.75) is 53.3 Å². The van der Waals surface area contributed by atoms with Gasteiger partial charge in [0.1, 0.15) is 0 Å². The first-order valence-electron chi connectivity index (χ1n) is 5.88. The van der Waals surface area contributed by atoms with Gasteiger partial charge in [0.25, 0.3) is 0 Å². The summed E-state index contributed by atoms with van der Waals surface area (Å²) in [4.78, 5) is 0. The Morgan fingerprint density at radius 2 is 1.59 bits per heavy atom. The minimum absolute atomic E-state index is 0.0301. The molecule has 0 bridgehead atoms. The Hall–Kier alpha value is -0.510. The lowest BCUT2D eigenvalue weighted by Crippen LogP contribution is -2.42. The van der Waals surface area contributed by atoms with Crippen LogP contribution in [0.3, 0.4) is 0 Å². The molecule has 17 heavy (non-hydrogen) atoms. The van der Waals surface area contributed by atoms with Gasteiger partial charge in [-0.05, 0) is 31.3 Å². The number of alkyl halides is 3. The van der Waals surface area contributed by atoms with Crippen LogP contribution in [0.25, 0.3) is 0 Å². The number of halogens is 3. The number of rotatable bonds is 5. The molecule has 0 aliphatic carbocycles. The number of allylic oxidation sites excluding steroid dienone is 1. The van der Waals surface area contributed by atoms with Crippen molar-refractivity contribution in [3.8, 4) is 0 Å². The van der Waals surface area contributed by atoms with Crippen LogP contribution >= 0.6 is 0 Å². The molecule has 0 aliphatic heterocycles. The quantitative estimate of drug-likeness (QED) is 0.651. The lowest BCUT2D eigenvalue weighted by Gasteiger charge is -2.29. The first kappa shape index (κ1) is 16.5. The van der Waals surface area contributed by atoms with E-state index >= 15 is 0 Å². The zero-order valence-corrected chi connectivity index (χ0v) is 11.5. The molecule has 0 aliphatic rings. The molecule has 4 heteroatoms. The second-order valence-electron chi connectivity index (χ2n) is 5.44. The number of hydrogen-bond donors (Lipinski definition) is 0. The SMILES string of the molecule is CC(C)/C=C(\COC(C)(C)C(F)(F)F)C(C)C. The molecule has 0 aromatic heterocycles. The van der Waals surface area contributed by atoms with E-state index in [4.69, 9.17) is 4.74 Å². The Kier molecular flexibility index (Phi) is 5.72. The van der Waals surface area contributed by atoms with Crippen molar-refractivity contribution in [1.29, 1.82) is 0 Å². The third-order valence-corrected chi connectivity index (χ3v) is 2.57. The van der Waals surface area contributed by atoms with Crippen LogP contribution < -0.4 is 0 Å². The molecule has 0 aromatic carbocycles. The maximum absolute atomic E-state index is 12.6. The molecule has 0 rings (SSSR count). The average Bonchev–Trinajstić information content (AvgIpc) is 2.09.